The van der Waals surface area contributed by atoms with Crippen LogP contribution in [0.15, 0.2) is 30.3 Å². The van der Waals surface area contributed by atoms with Crippen molar-refractivity contribution in [1.82, 2.24) is 5.32 Å². The van der Waals surface area contributed by atoms with Gasteiger partial charge >= 0.3 is 6.09 Å². The van der Waals surface area contributed by atoms with Gasteiger partial charge in [0.05, 0.1) is 0 Å². The predicted octanol–water partition coefficient (Wildman–Crippen LogP) is 2.67. The Labute approximate surface area is 113 Å². The molecule has 1 aliphatic carbocycles. The number of amides is 1. The summed E-state index contributed by atoms with van der Waals surface area (Å²) in [6.07, 6.45) is 4.05. The molecule has 0 saturated heterocycles. The minimum atomic E-state index is -0.376. The van der Waals surface area contributed by atoms with E-state index in [1.807, 2.05) is 30.3 Å². The van der Waals surface area contributed by atoms with Crippen LogP contribution in [-0.2, 0) is 16.1 Å². The molecule has 1 saturated carbocycles. The number of carbonyl (C=O) groups is 2. The van der Waals surface area contributed by atoms with Crippen LogP contribution in [0.1, 0.15) is 31.2 Å². The van der Waals surface area contributed by atoms with E-state index < -0.39 is 0 Å². The highest BCUT2D eigenvalue weighted by molar-refractivity contribution is 5.67. The van der Waals surface area contributed by atoms with Gasteiger partial charge in [-0.3, -0.25) is 0 Å². The van der Waals surface area contributed by atoms with E-state index in [0.29, 0.717) is 0 Å². The Morgan fingerprint density at radius 2 is 1.89 bits per heavy atom. The van der Waals surface area contributed by atoms with E-state index in [-0.39, 0.29) is 24.7 Å². The van der Waals surface area contributed by atoms with Crippen LogP contribution in [0.2, 0.25) is 0 Å². The normalized spacial score (nSPS) is 22.5. The van der Waals surface area contributed by atoms with E-state index >= 15 is 0 Å². The van der Waals surface area contributed by atoms with Gasteiger partial charge in [0.2, 0.25) is 0 Å². The molecule has 0 aromatic heterocycles. The number of rotatable bonds is 4. The summed E-state index contributed by atoms with van der Waals surface area (Å²) in [5, 5.41) is 2.86. The summed E-state index contributed by atoms with van der Waals surface area (Å²) in [4.78, 5) is 22.3. The van der Waals surface area contributed by atoms with Crippen LogP contribution >= 0.6 is 0 Å². The molecular formula is C15H19NO3. The van der Waals surface area contributed by atoms with E-state index in [0.717, 1.165) is 37.5 Å². The Hall–Kier alpha value is -1.84. The molecule has 4 heteroatoms. The van der Waals surface area contributed by atoms with Gasteiger partial charge in [0.1, 0.15) is 12.9 Å². The van der Waals surface area contributed by atoms with E-state index in [9.17, 15) is 9.59 Å². The lowest BCUT2D eigenvalue weighted by molar-refractivity contribution is -0.111. The number of ether oxygens (including phenoxy) is 1. The first kappa shape index (κ1) is 13.6. The van der Waals surface area contributed by atoms with Crippen molar-refractivity contribution >= 4 is 12.4 Å². The van der Waals surface area contributed by atoms with Gasteiger partial charge in [0.25, 0.3) is 0 Å². The third kappa shape index (κ3) is 4.39. The summed E-state index contributed by atoms with van der Waals surface area (Å²) in [6.45, 7) is 0.288. The topological polar surface area (TPSA) is 55.4 Å². The minimum absolute atomic E-state index is 0.138. The fourth-order valence-electron chi connectivity index (χ4n) is 2.33. The molecule has 0 unspecified atom stereocenters. The summed E-state index contributed by atoms with van der Waals surface area (Å²) < 4.78 is 5.16. The molecule has 0 spiro atoms. The molecule has 0 heterocycles. The van der Waals surface area contributed by atoms with E-state index in [1.165, 1.54) is 0 Å². The van der Waals surface area contributed by atoms with Gasteiger partial charge < -0.3 is 14.8 Å². The van der Waals surface area contributed by atoms with Crippen LogP contribution in [-0.4, -0.2) is 18.4 Å². The first-order valence-corrected chi connectivity index (χ1v) is 6.70. The molecule has 19 heavy (non-hydrogen) atoms. The zero-order valence-corrected chi connectivity index (χ0v) is 10.9. The molecular weight excluding hydrogens is 242 g/mol. The number of hydrogen-bond donors (Lipinski definition) is 1. The van der Waals surface area contributed by atoms with Gasteiger partial charge in [-0.25, -0.2) is 4.79 Å². The van der Waals surface area contributed by atoms with Crippen molar-refractivity contribution in [1.29, 1.82) is 0 Å². The fraction of sp³-hybridized carbons (Fsp3) is 0.467. The van der Waals surface area contributed by atoms with Crippen molar-refractivity contribution in [2.24, 2.45) is 5.92 Å². The third-order valence-electron chi connectivity index (χ3n) is 3.50. The standard InChI is InChI=1S/C15H19NO3/c17-10-12-6-8-14(9-7-12)16-15(18)19-11-13-4-2-1-3-5-13/h1-5,10,12,14H,6-9,11H2,(H,16,18). The molecule has 0 aliphatic heterocycles. The van der Waals surface area contributed by atoms with Gasteiger partial charge in [0.15, 0.2) is 0 Å². The van der Waals surface area contributed by atoms with Crippen molar-refractivity contribution in [2.45, 2.75) is 38.3 Å². The Morgan fingerprint density at radius 3 is 2.53 bits per heavy atom. The molecule has 2 rings (SSSR count). The average Bonchev–Trinajstić information content (AvgIpc) is 2.47. The highest BCUT2D eigenvalue weighted by atomic mass is 16.5. The van der Waals surface area contributed by atoms with E-state index in [2.05, 4.69) is 5.32 Å². The second-order valence-electron chi connectivity index (χ2n) is 4.95. The van der Waals surface area contributed by atoms with Crippen molar-refractivity contribution in [2.75, 3.05) is 0 Å². The SMILES string of the molecule is O=CC1CCC(NC(=O)OCc2ccccc2)CC1. The molecule has 102 valence electrons. The quantitative estimate of drug-likeness (QED) is 0.848. The van der Waals surface area contributed by atoms with Crippen molar-refractivity contribution in [3.63, 3.8) is 0 Å². The van der Waals surface area contributed by atoms with Crippen molar-refractivity contribution in [3.8, 4) is 0 Å². The second-order valence-corrected chi connectivity index (χ2v) is 4.95. The minimum Gasteiger partial charge on any atom is -0.445 e. The molecule has 1 aromatic carbocycles. The van der Waals surface area contributed by atoms with Crippen molar-refractivity contribution in [3.05, 3.63) is 35.9 Å². The summed E-state index contributed by atoms with van der Waals surface area (Å²) in [7, 11) is 0. The van der Waals surface area contributed by atoms with Gasteiger partial charge in [-0.2, -0.15) is 0 Å². The van der Waals surface area contributed by atoms with Crippen LogP contribution in [0, 0.1) is 5.92 Å². The van der Waals surface area contributed by atoms with Gasteiger partial charge in [-0.1, -0.05) is 30.3 Å². The van der Waals surface area contributed by atoms with E-state index in [1.54, 1.807) is 0 Å². The van der Waals surface area contributed by atoms with Crippen molar-refractivity contribution < 1.29 is 14.3 Å². The summed E-state index contributed by atoms with van der Waals surface area (Å²) in [5.74, 6) is 0.165. The zero-order chi connectivity index (χ0) is 13.5. The first-order chi connectivity index (χ1) is 9.28. The molecule has 1 fully saturated rings. The number of benzene rings is 1. The highest BCUT2D eigenvalue weighted by Crippen LogP contribution is 2.22. The Morgan fingerprint density at radius 1 is 1.21 bits per heavy atom. The molecule has 1 aromatic rings. The van der Waals surface area contributed by atoms with Crippen LogP contribution in [0.4, 0.5) is 4.79 Å². The molecule has 0 atom stereocenters. The number of hydrogen-bond acceptors (Lipinski definition) is 3. The summed E-state index contributed by atoms with van der Waals surface area (Å²) in [6, 6.07) is 9.73. The third-order valence-corrected chi connectivity index (χ3v) is 3.50. The first-order valence-electron chi connectivity index (χ1n) is 6.70. The van der Waals surface area contributed by atoms with Crippen LogP contribution in [0.25, 0.3) is 0 Å². The molecule has 4 nitrogen and oxygen atoms in total. The largest absolute Gasteiger partial charge is 0.445 e. The summed E-state index contributed by atoms with van der Waals surface area (Å²) in [5.41, 5.74) is 0.974. The number of nitrogens with one attached hydrogen (secondary N) is 1. The number of aldehydes is 1. The number of carbonyl (C=O) groups excluding carboxylic acids is 2. The lowest BCUT2D eigenvalue weighted by atomic mass is 9.87. The van der Waals surface area contributed by atoms with Gasteiger partial charge in [-0.15, -0.1) is 0 Å². The predicted molar refractivity (Wildman–Crippen MR) is 71.6 cm³/mol. The highest BCUT2D eigenvalue weighted by Gasteiger charge is 2.22. The second kappa shape index (κ2) is 6.92. The smallest absolute Gasteiger partial charge is 0.407 e. The van der Waals surface area contributed by atoms with Crippen LogP contribution in [0.3, 0.4) is 0 Å². The zero-order valence-electron chi connectivity index (χ0n) is 10.9. The maximum atomic E-state index is 11.6. The summed E-state index contributed by atoms with van der Waals surface area (Å²) >= 11 is 0. The molecule has 0 bridgehead atoms. The maximum absolute atomic E-state index is 11.6. The lowest BCUT2D eigenvalue weighted by Gasteiger charge is -2.25. The van der Waals surface area contributed by atoms with Gasteiger partial charge in [0, 0.05) is 12.0 Å². The van der Waals surface area contributed by atoms with Gasteiger partial charge in [-0.05, 0) is 31.2 Å². The Balaban J connectivity index is 1.69. The molecule has 1 aliphatic rings. The molecule has 0 radical (unpaired) electrons. The van der Waals surface area contributed by atoms with E-state index in [4.69, 9.17) is 4.74 Å². The van der Waals surface area contributed by atoms with Crippen LogP contribution < -0.4 is 5.32 Å². The monoisotopic (exact) mass is 261 g/mol. The average molecular weight is 261 g/mol. The number of alkyl carbamates (subject to hydrolysis) is 1. The maximum Gasteiger partial charge on any atom is 0.407 e. The lowest BCUT2D eigenvalue weighted by Crippen LogP contribution is -2.38. The van der Waals surface area contributed by atoms with Crippen LogP contribution in [0.5, 0.6) is 0 Å². The Bertz CT molecular complexity index is 411. The Kier molecular flexibility index (Phi) is 4.95. The fourth-order valence-corrected chi connectivity index (χ4v) is 2.33. The molecule has 1 N–H and O–H groups in total. The molecule has 1 amide bonds.